The van der Waals surface area contributed by atoms with Crippen molar-refractivity contribution >= 4 is 22.9 Å². The molecule has 0 aliphatic heterocycles. The minimum absolute atomic E-state index is 0.328. The first kappa shape index (κ1) is 12.5. The minimum Gasteiger partial charge on any atom is -0.238 e. The van der Waals surface area contributed by atoms with Crippen LogP contribution in [0.3, 0.4) is 0 Å². The molecule has 0 unspecified atom stereocenters. The second-order valence-corrected chi connectivity index (χ2v) is 5.50. The third-order valence-electron chi connectivity index (χ3n) is 2.48. The van der Waals surface area contributed by atoms with E-state index in [0.29, 0.717) is 16.9 Å². The molecule has 0 fully saturated rings. The highest BCUT2D eigenvalue weighted by Crippen LogP contribution is 2.28. The fourth-order valence-electron chi connectivity index (χ4n) is 1.75. The van der Waals surface area contributed by atoms with Crippen LogP contribution in [-0.4, -0.2) is 15.0 Å². The molecule has 2 aromatic rings. The second-order valence-electron chi connectivity index (χ2n) is 4.29. The highest BCUT2D eigenvalue weighted by molar-refractivity contribution is 7.13. The van der Waals surface area contributed by atoms with Crippen molar-refractivity contribution in [3.05, 3.63) is 27.5 Å². The Hall–Kier alpha value is -1.00. The van der Waals surface area contributed by atoms with E-state index in [4.69, 9.17) is 11.6 Å². The summed E-state index contributed by atoms with van der Waals surface area (Å²) in [4.78, 5) is 13.2. The number of rotatable bonds is 2. The van der Waals surface area contributed by atoms with Crippen molar-refractivity contribution in [2.24, 2.45) is 0 Å². The summed E-state index contributed by atoms with van der Waals surface area (Å²) >= 11 is 7.75. The molecule has 0 atom stereocenters. The van der Waals surface area contributed by atoms with Crippen LogP contribution in [0.5, 0.6) is 0 Å². The maximum absolute atomic E-state index is 6.21. The number of halogens is 1. The highest BCUT2D eigenvalue weighted by Gasteiger charge is 2.15. The summed E-state index contributed by atoms with van der Waals surface area (Å²) in [6.07, 6.45) is 0. The summed E-state index contributed by atoms with van der Waals surface area (Å²) in [5.74, 6) is 0.949. The Morgan fingerprint density at radius 3 is 2.35 bits per heavy atom. The molecule has 0 bridgehead atoms. The van der Waals surface area contributed by atoms with E-state index in [1.54, 1.807) is 0 Å². The van der Waals surface area contributed by atoms with Gasteiger partial charge in [-0.2, -0.15) is 0 Å². The molecule has 0 N–H and O–H groups in total. The molecule has 0 saturated carbocycles. The van der Waals surface area contributed by atoms with Gasteiger partial charge in [-0.3, -0.25) is 0 Å². The van der Waals surface area contributed by atoms with Gasteiger partial charge in [0, 0.05) is 22.3 Å². The summed E-state index contributed by atoms with van der Waals surface area (Å²) in [5.41, 5.74) is 2.93. The van der Waals surface area contributed by atoms with Crippen LogP contribution in [0.15, 0.2) is 5.38 Å². The summed E-state index contributed by atoms with van der Waals surface area (Å²) in [6.45, 7) is 8.10. The van der Waals surface area contributed by atoms with Crippen LogP contribution in [0.25, 0.3) is 10.8 Å². The third kappa shape index (κ3) is 2.48. The lowest BCUT2D eigenvalue weighted by molar-refractivity contribution is 0.831. The number of hydrogen-bond acceptors (Lipinski definition) is 4. The van der Waals surface area contributed by atoms with Gasteiger partial charge in [0.25, 0.3) is 0 Å². The Morgan fingerprint density at radius 1 is 1.18 bits per heavy atom. The third-order valence-corrected chi connectivity index (χ3v) is 3.72. The van der Waals surface area contributed by atoms with Crippen molar-refractivity contribution in [1.29, 1.82) is 0 Å². The van der Waals surface area contributed by atoms with Crippen LogP contribution in [0.2, 0.25) is 5.15 Å². The van der Waals surface area contributed by atoms with Gasteiger partial charge in [-0.1, -0.05) is 25.4 Å². The smallest absolute Gasteiger partial charge is 0.190 e. The molecule has 0 saturated heterocycles. The molecule has 0 aliphatic rings. The van der Waals surface area contributed by atoms with E-state index in [2.05, 4.69) is 28.8 Å². The molecule has 90 valence electrons. The van der Waals surface area contributed by atoms with Gasteiger partial charge in [0.15, 0.2) is 10.8 Å². The van der Waals surface area contributed by atoms with E-state index in [0.717, 1.165) is 22.0 Å². The Bertz CT molecular complexity index is 525. The minimum atomic E-state index is 0.328. The molecule has 0 radical (unpaired) electrons. The van der Waals surface area contributed by atoms with Crippen molar-refractivity contribution in [1.82, 2.24) is 15.0 Å². The Labute approximate surface area is 110 Å². The van der Waals surface area contributed by atoms with E-state index >= 15 is 0 Å². The maximum Gasteiger partial charge on any atom is 0.190 e. The van der Waals surface area contributed by atoms with Crippen molar-refractivity contribution in [3.8, 4) is 10.8 Å². The number of thiazole rings is 1. The summed E-state index contributed by atoms with van der Waals surface area (Å²) in [6, 6.07) is 0. The van der Waals surface area contributed by atoms with Gasteiger partial charge in [0.05, 0.1) is 0 Å². The van der Waals surface area contributed by atoms with Crippen molar-refractivity contribution in [3.63, 3.8) is 0 Å². The predicted molar refractivity (Wildman–Crippen MR) is 71.7 cm³/mol. The molecular weight excluding hydrogens is 254 g/mol. The predicted octanol–water partition coefficient (Wildman–Crippen LogP) is 3.99. The lowest BCUT2D eigenvalue weighted by Crippen LogP contribution is -2.01. The quantitative estimate of drug-likeness (QED) is 0.772. The first-order valence-corrected chi connectivity index (χ1v) is 6.71. The maximum atomic E-state index is 6.21. The summed E-state index contributed by atoms with van der Waals surface area (Å²) in [5, 5.41) is 3.34. The van der Waals surface area contributed by atoms with E-state index in [9.17, 15) is 0 Å². The largest absolute Gasteiger partial charge is 0.238 e. The first-order chi connectivity index (χ1) is 7.99. The van der Waals surface area contributed by atoms with Crippen LogP contribution in [0.1, 0.15) is 36.7 Å². The Balaban J connectivity index is 2.52. The molecule has 3 nitrogen and oxygen atoms in total. The molecule has 17 heavy (non-hydrogen) atoms. The molecule has 2 aromatic heterocycles. The second kappa shape index (κ2) is 4.70. The van der Waals surface area contributed by atoms with Gasteiger partial charge in [-0.15, -0.1) is 11.3 Å². The Morgan fingerprint density at radius 2 is 1.88 bits per heavy atom. The van der Waals surface area contributed by atoms with Gasteiger partial charge < -0.3 is 0 Å². The molecule has 0 spiro atoms. The van der Waals surface area contributed by atoms with Crippen LogP contribution in [-0.2, 0) is 0 Å². The number of aryl methyl sites for hydroxylation is 2. The van der Waals surface area contributed by atoms with Gasteiger partial charge in [-0.05, 0) is 19.8 Å². The average molecular weight is 268 g/mol. The molecule has 0 aliphatic carbocycles. The lowest BCUT2D eigenvalue weighted by atomic mass is 10.0. The average Bonchev–Trinajstić information content (AvgIpc) is 2.63. The van der Waals surface area contributed by atoms with Crippen LogP contribution in [0, 0.1) is 13.8 Å². The molecular formula is C12H14ClN3S. The van der Waals surface area contributed by atoms with Crippen molar-refractivity contribution in [2.75, 3.05) is 0 Å². The number of aromatic nitrogens is 3. The van der Waals surface area contributed by atoms with Gasteiger partial charge in [0.1, 0.15) is 5.15 Å². The monoisotopic (exact) mass is 267 g/mol. The van der Waals surface area contributed by atoms with E-state index in [-0.39, 0.29) is 0 Å². The zero-order valence-corrected chi connectivity index (χ0v) is 11.9. The fourth-order valence-corrected chi connectivity index (χ4v) is 2.92. The Kier molecular flexibility index (Phi) is 3.45. The number of hydrogen-bond donors (Lipinski definition) is 0. The topological polar surface area (TPSA) is 38.7 Å². The highest BCUT2D eigenvalue weighted by atomic mass is 35.5. The molecule has 2 heterocycles. The SMILES string of the molecule is Cc1csc(-c2nc(C)c(C(C)C)c(Cl)n2)n1. The fraction of sp³-hybridized carbons (Fsp3) is 0.417. The van der Waals surface area contributed by atoms with Gasteiger partial charge in [0.2, 0.25) is 0 Å². The molecule has 0 aromatic carbocycles. The van der Waals surface area contributed by atoms with Crippen LogP contribution >= 0.6 is 22.9 Å². The van der Waals surface area contributed by atoms with Crippen LogP contribution < -0.4 is 0 Å². The van der Waals surface area contributed by atoms with Gasteiger partial charge >= 0.3 is 0 Å². The molecule has 2 rings (SSSR count). The van der Waals surface area contributed by atoms with Crippen LogP contribution in [0.4, 0.5) is 0 Å². The van der Waals surface area contributed by atoms with E-state index in [1.807, 2.05) is 19.2 Å². The zero-order valence-electron chi connectivity index (χ0n) is 10.3. The van der Waals surface area contributed by atoms with E-state index in [1.165, 1.54) is 11.3 Å². The van der Waals surface area contributed by atoms with Crippen molar-refractivity contribution in [2.45, 2.75) is 33.6 Å². The summed E-state index contributed by atoms with van der Waals surface area (Å²) < 4.78 is 0. The molecule has 0 amide bonds. The zero-order chi connectivity index (χ0) is 12.6. The van der Waals surface area contributed by atoms with Gasteiger partial charge in [-0.25, -0.2) is 15.0 Å². The number of nitrogens with zero attached hydrogens (tertiary/aromatic N) is 3. The van der Waals surface area contributed by atoms with E-state index < -0.39 is 0 Å². The first-order valence-electron chi connectivity index (χ1n) is 5.45. The summed E-state index contributed by atoms with van der Waals surface area (Å²) in [7, 11) is 0. The molecule has 5 heteroatoms. The lowest BCUT2D eigenvalue weighted by Gasteiger charge is -2.11. The standard InChI is InChI=1S/C12H14ClN3S/c1-6(2)9-8(4)15-11(16-10(9)13)12-14-7(3)5-17-12/h5-6H,1-4H3. The van der Waals surface area contributed by atoms with Crippen molar-refractivity contribution < 1.29 is 0 Å². The normalized spacial score (nSPS) is 11.2.